The van der Waals surface area contributed by atoms with Crippen LogP contribution in [0, 0.1) is 0 Å². The first-order chi connectivity index (χ1) is 8.35. The minimum absolute atomic E-state index is 0.120. The van der Waals surface area contributed by atoms with Crippen LogP contribution >= 0.6 is 22.9 Å². The average Bonchev–Trinajstić information content (AvgIpc) is 2.74. The second-order valence-electron chi connectivity index (χ2n) is 3.41. The summed E-state index contributed by atoms with van der Waals surface area (Å²) in [6.07, 6.45) is 0.650. The Bertz CT molecular complexity index is 516. The molecule has 0 aliphatic heterocycles. The molecule has 0 aromatic carbocycles. The molecule has 0 aliphatic rings. The first-order valence-electron chi connectivity index (χ1n) is 5.10. The fourth-order valence-corrected chi connectivity index (χ4v) is 3.16. The Hall–Kier alpha value is -0.770. The summed E-state index contributed by atoms with van der Waals surface area (Å²) in [7, 11) is -3.72. The number of aromatic nitrogens is 2. The highest BCUT2D eigenvalue weighted by molar-refractivity contribution is 7.91. The summed E-state index contributed by atoms with van der Waals surface area (Å²) in [6.45, 7) is 3.27. The number of sulfonamides is 1. The van der Waals surface area contributed by atoms with Gasteiger partial charge < -0.3 is 5.32 Å². The van der Waals surface area contributed by atoms with Gasteiger partial charge in [-0.15, -0.1) is 21.8 Å². The molecule has 0 fully saturated rings. The number of rotatable bonds is 6. The highest BCUT2D eigenvalue weighted by atomic mass is 35.5. The lowest BCUT2D eigenvalue weighted by Crippen LogP contribution is -2.29. The van der Waals surface area contributed by atoms with Crippen LogP contribution in [0.1, 0.15) is 20.3 Å². The van der Waals surface area contributed by atoms with Gasteiger partial charge in [-0.3, -0.25) is 4.79 Å². The van der Waals surface area contributed by atoms with Gasteiger partial charge >= 0.3 is 0 Å². The van der Waals surface area contributed by atoms with Crippen molar-refractivity contribution in [2.45, 2.75) is 30.0 Å². The van der Waals surface area contributed by atoms with E-state index in [-0.39, 0.29) is 27.3 Å². The minimum atomic E-state index is -3.72. The van der Waals surface area contributed by atoms with E-state index >= 15 is 0 Å². The molecule has 1 amide bonds. The van der Waals surface area contributed by atoms with Crippen molar-refractivity contribution in [2.75, 3.05) is 11.9 Å². The van der Waals surface area contributed by atoms with Crippen LogP contribution in [-0.4, -0.2) is 36.4 Å². The van der Waals surface area contributed by atoms with Crippen molar-refractivity contribution in [3.8, 4) is 0 Å². The Kier molecular flexibility index (Phi) is 5.45. The Morgan fingerprint density at radius 2 is 2.17 bits per heavy atom. The van der Waals surface area contributed by atoms with E-state index in [2.05, 4.69) is 20.2 Å². The van der Waals surface area contributed by atoms with Crippen LogP contribution in [0.4, 0.5) is 5.13 Å². The molecule has 2 N–H and O–H groups in total. The summed E-state index contributed by atoms with van der Waals surface area (Å²) in [5.41, 5.74) is 0. The predicted octanol–water partition coefficient (Wildman–Crippen LogP) is 0.792. The van der Waals surface area contributed by atoms with Crippen molar-refractivity contribution < 1.29 is 13.2 Å². The third-order valence-corrected chi connectivity index (χ3v) is 4.95. The van der Waals surface area contributed by atoms with E-state index in [9.17, 15) is 13.2 Å². The summed E-state index contributed by atoms with van der Waals surface area (Å²) in [5.74, 6) is -0.338. The van der Waals surface area contributed by atoms with Crippen molar-refractivity contribution in [3.63, 3.8) is 0 Å². The Balaban J connectivity index is 2.73. The normalized spacial score (nSPS) is 13.3. The molecule has 7 nitrogen and oxygen atoms in total. The fraction of sp³-hybridized carbons (Fsp3) is 0.625. The van der Waals surface area contributed by atoms with E-state index in [1.807, 2.05) is 6.92 Å². The number of halogens is 1. The summed E-state index contributed by atoms with van der Waals surface area (Å²) >= 11 is 6.60. The topological polar surface area (TPSA) is 101 Å². The van der Waals surface area contributed by atoms with Crippen molar-refractivity contribution >= 4 is 44.0 Å². The van der Waals surface area contributed by atoms with Gasteiger partial charge in [-0.05, 0) is 6.42 Å². The van der Waals surface area contributed by atoms with Gasteiger partial charge in [0.05, 0.1) is 0 Å². The van der Waals surface area contributed by atoms with E-state index in [1.54, 1.807) is 0 Å². The number of alkyl halides is 1. The number of amides is 1. The Morgan fingerprint density at radius 1 is 1.50 bits per heavy atom. The molecular weight excluding hydrogens is 300 g/mol. The fourth-order valence-electron chi connectivity index (χ4n) is 0.926. The van der Waals surface area contributed by atoms with Gasteiger partial charge in [0.1, 0.15) is 0 Å². The Morgan fingerprint density at radius 3 is 2.72 bits per heavy atom. The second kappa shape index (κ2) is 6.41. The molecule has 1 heterocycles. The molecule has 1 aromatic rings. The maximum Gasteiger partial charge on any atom is 0.269 e. The van der Waals surface area contributed by atoms with Crippen LogP contribution in [0.25, 0.3) is 0 Å². The van der Waals surface area contributed by atoms with Crippen LogP contribution in [0.5, 0.6) is 0 Å². The van der Waals surface area contributed by atoms with Crippen LogP contribution in [0.15, 0.2) is 4.34 Å². The SMILES string of the molecule is CCC(Cl)CNS(=O)(=O)c1nnc(NC(C)=O)s1. The van der Waals surface area contributed by atoms with Gasteiger partial charge in [-0.25, -0.2) is 13.1 Å². The third kappa shape index (κ3) is 4.48. The van der Waals surface area contributed by atoms with Gasteiger partial charge in [0.15, 0.2) is 0 Å². The molecule has 0 spiro atoms. The summed E-state index contributed by atoms with van der Waals surface area (Å²) < 4.78 is 25.7. The van der Waals surface area contributed by atoms with E-state index in [0.717, 1.165) is 11.3 Å². The number of nitrogens with zero attached hydrogens (tertiary/aromatic N) is 2. The van der Waals surface area contributed by atoms with E-state index in [4.69, 9.17) is 11.6 Å². The number of carbonyl (C=O) groups is 1. The van der Waals surface area contributed by atoms with Gasteiger partial charge in [-0.2, -0.15) is 0 Å². The lowest BCUT2D eigenvalue weighted by atomic mass is 10.3. The molecule has 1 unspecified atom stereocenters. The van der Waals surface area contributed by atoms with Crippen molar-refractivity contribution in [3.05, 3.63) is 0 Å². The lowest BCUT2D eigenvalue weighted by Gasteiger charge is -2.06. The monoisotopic (exact) mass is 312 g/mol. The van der Waals surface area contributed by atoms with Crippen molar-refractivity contribution in [1.82, 2.24) is 14.9 Å². The van der Waals surface area contributed by atoms with Crippen LogP contribution in [0.3, 0.4) is 0 Å². The van der Waals surface area contributed by atoms with Crippen LogP contribution < -0.4 is 10.0 Å². The molecule has 10 heteroatoms. The minimum Gasteiger partial charge on any atom is -0.301 e. The summed E-state index contributed by atoms with van der Waals surface area (Å²) in [5, 5.41) is 9.28. The molecule has 1 atom stereocenters. The van der Waals surface area contributed by atoms with Crippen LogP contribution in [-0.2, 0) is 14.8 Å². The number of nitrogens with one attached hydrogen (secondary N) is 2. The molecule has 0 radical (unpaired) electrons. The van der Waals surface area contributed by atoms with E-state index < -0.39 is 10.0 Å². The molecule has 0 saturated carbocycles. The van der Waals surface area contributed by atoms with Crippen molar-refractivity contribution in [2.24, 2.45) is 0 Å². The van der Waals surface area contributed by atoms with Gasteiger partial charge in [0.2, 0.25) is 15.4 Å². The van der Waals surface area contributed by atoms with Gasteiger partial charge in [-0.1, -0.05) is 18.3 Å². The highest BCUT2D eigenvalue weighted by Crippen LogP contribution is 2.19. The molecule has 1 aromatic heterocycles. The quantitative estimate of drug-likeness (QED) is 0.597. The average molecular weight is 313 g/mol. The molecular formula is C8H13ClN4O3S2. The zero-order chi connectivity index (χ0) is 13.8. The number of carbonyl (C=O) groups excluding carboxylic acids is 1. The first kappa shape index (κ1) is 15.3. The maximum absolute atomic E-state index is 11.8. The zero-order valence-corrected chi connectivity index (χ0v) is 12.2. The number of hydrogen-bond donors (Lipinski definition) is 2. The molecule has 0 bridgehead atoms. The van der Waals surface area contributed by atoms with Crippen molar-refractivity contribution in [1.29, 1.82) is 0 Å². The first-order valence-corrected chi connectivity index (χ1v) is 7.83. The standard InChI is InChI=1S/C8H13ClN4O3S2/c1-3-6(9)4-10-18(15,16)8-13-12-7(17-8)11-5(2)14/h6,10H,3-4H2,1-2H3,(H,11,12,14). The molecule has 0 saturated heterocycles. The molecule has 1 rings (SSSR count). The van der Waals surface area contributed by atoms with Gasteiger partial charge in [0, 0.05) is 18.8 Å². The second-order valence-corrected chi connectivity index (χ2v) is 6.95. The smallest absolute Gasteiger partial charge is 0.269 e. The lowest BCUT2D eigenvalue weighted by molar-refractivity contribution is -0.114. The van der Waals surface area contributed by atoms with E-state index in [1.165, 1.54) is 6.92 Å². The highest BCUT2D eigenvalue weighted by Gasteiger charge is 2.21. The predicted molar refractivity (Wildman–Crippen MR) is 69.3 cm³/mol. The van der Waals surface area contributed by atoms with Gasteiger partial charge in [0.25, 0.3) is 10.0 Å². The maximum atomic E-state index is 11.8. The molecule has 102 valence electrons. The number of anilines is 1. The number of hydrogen-bond acceptors (Lipinski definition) is 6. The summed E-state index contributed by atoms with van der Waals surface area (Å²) in [4.78, 5) is 10.8. The molecule has 18 heavy (non-hydrogen) atoms. The summed E-state index contributed by atoms with van der Waals surface area (Å²) in [6, 6.07) is 0. The van der Waals surface area contributed by atoms with E-state index in [0.29, 0.717) is 6.42 Å². The Labute approximate surface area is 114 Å². The third-order valence-electron chi connectivity index (χ3n) is 1.86. The largest absolute Gasteiger partial charge is 0.301 e. The zero-order valence-electron chi connectivity index (χ0n) is 9.81. The molecule has 0 aliphatic carbocycles. The van der Waals surface area contributed by atoms with Crippen LogP contribution in [0.2, 0.25) is 0 Å².